The summed E-state index contributed by atoms with van der Waals surface area (Å²) in [5, 5.41) is 0. The highest BCUT2D eigenvalue weighted by atomic mass is 31.2. The molecule has 1 aromatic rings. The average Bonchev–Trinajstić information content (AvgIpc) is 2.44. The van der Waals surface area contributed by atoms with E-state index in [0.717, 1.165) is 5.56 Å². The van der Waals surface area contributed by atoms with Crippen LogP contribution in [-0.2, 0) is 25.0 Å². The highest BCUT2D eigenvalue weighted by molar-refractivity contribution is 7.54. The van der Waals surface area contributed by atoms with Crippen LogP contribution in [-0.4, -0.2) is 19.1 Å². The second kappa shape index (κ2) is 9.37. The standard InChI is InChI=1S/C16H27O4P/c1-5-19-21(17,20-6-2)16(12-14(3)4)18-13-15-10-8-7-9-11-15/h7-11,14,16H,5-6,12-13H2,1-4H3. The fourth-order valence-corrected chi connectivity index (χ4v) is 4.09. The first-order chi connectivity index (χ1) is 10.0. The van der Waals surface area contributed by atoms with Crippen molar-refractivity contribution < 1.29 is 18.3 Å². The van der Waals surface area contributed by atoms with Crippen molar-refractivity contribution in [3.05, 3.63) is 35.9 Å². The van der Waals surface area contributed by atoms with Gasteiger partial charge in [0.2, 0.25) is 0 Å². The maximum atomic E-state index is 12.9. The summed E-state index contributed by atoms with van der Waals surface area (Å²) in [5.74, 6) is -0.183. The van der Waals surface area contributed by atoms with Crippen molar-refractivity contribution in [1.82, 2.24) is 0 Å². The molecule has 0 bridgehead atoms. The SMILES string of the molecule is CCOP(=O)(OCC)C(CC(C)C)OCc1ccccc1. The van der Waals surface area contributed by atoms with Crippen LogP contribution in [0.1, 0.15) is 39.7 Å². The van der Waals surface area contributed by atoms with Crippen LogP contribution in [0.2, 0.25) is 0 Å². The summed E-state index contributed by atoms with van der Waals surface area (Å²) in [6.45, 7) is 8.87. The van der Waals surface area contributed by atoms with E-state index in [1.807, 2.05) is 44.2 Å². The highest BCUT2D eigenvalue weighted by Gasteiger charge is 2.36. The minimum absolute atomic E-state index is 0.347. The molecule has 5 heteroatoms. The molecule has 0 amide bonds. The predicted molar refractivity (Wildman–Crippen MR) is 85.3 cm³/mol. The van der Waals surface area contributed by atoms with Gasteiger partial charge in [0.25, 0.3) is 0 Å². The third-order valence-electron chi connectivity index (χ3n) is 2.93. The molecule has 1 atom stereocenters. The van der Waals surface area contributed by atoms with E-state index in [0.29, 0.717) is 32.2 Å². The Morgan fingerprint density at radius 2 is 1.62 bits per heavy atom. The van der Waals surface area contributed by atoms with E-state index in [-0.39, 0.29) is 0 Å². The molecule has 0 fully saturated rings. The normalized spacial score (nSPS) is 13.6. The minimum Gasteiger partial charge on any atom is -0.361 e. The van der Waals surface area contributed by atoms with Gasteiger partial charge >= 0.3 is 7.60 Å². The molecule has 4 nitrogen and oxygen atoms in total. The highest BCUT2D eigenvalue weighted by Crippen LogP contribution is 2.55. The molecule has 0 saturated heterocycles. The molecule has 0 radical (unpaired) electrons. The molecule has 0 spiro atoms. The first-order valence-electron chi connectivity index (χ1n) is 7.56. The van der Waals surface area contributed by atoms with Gasteiger partial charge in [-0.2, -0.15) is 0 Å². The monoisotopic (exact) mass is 314 g/mol. The smallest absolute Gasteiger partial charge is 0.359 e. The van der Waals surface area contributed by atoms with Gasteiger partial charge in [-0.1, -0.05) is 44.2 Å². The Balaban J connectivity index is 2.80. The Hall–Kier alpha value is -0.670. The van der Waals surface area contributed by atoms with Gasteiger partial charge in [0.1, 0.15) is 0 Å². The average molecular weight is 314 g/mol. The first-order valence-corrected chi connectivity index (χ1v) is 9.17. The van der Waals surface area contributed by atoms with Crippen molar-refractivity contribution in [3.8, 4) is 0 Å². The number of hydrogen-bond donors (Lipinski definition) is 0. The Kier molecular flexibility index (Phi) is 8.20. The molecule has 1 aromatic carbocycles. The van der Waals surface area contributed by atoms with E-state index in [2.05, 4.69) is 13.8 Å². The first kappa shape index (κ1) is 18.4. The number of hydrogen-bond acceptors (Lipinski definition) is 4. The van der Waals surface area contributed by atoms with E-state index in [4.69, 9.17) is 13.8 Å². The molecule has 0 N–H and O–H groups in total. The number of ether oxygens (including phenoxy) is 1. The van der Waals surface area contributed by atoms with Gasteiger partial charge in [-0.3, -0.25) is 4.57 Å². The molecule has 1 rings (SSSR count). The molecular weight excluding hydrogens is 287 g/mol. The van der Waals surface area contributed by atoms with E-state index in [1.54, 1.807) is 0 Å². The lowest BCUT2D eigenvalue weighted by Crippen LogP contribution is -2.19. The molecule has 0 aliphatic heterocycles. The third-order valence-corrected chi connectivity index (χ3v) is 5.23. The van der Waals surface area contributed by atoms with Crippen molar-refractivity contribution in [2.45, 2.75) is 46.6 Å². The molecular formula is C16H27O4P. The van der Waals surface area contributed by atoms with Crippen LogP contribution >= 0.6 is 7.60 Å². The summed E-state index contributed by atoms with van der Waals surface area (Å²) >= 11 is 0. The lowest BCUT2D eigenvalue weighted by molar-refractivity contribution is 0.0480. The fraction of sp³-hybridized carbons (Fsp3) is 0.625. The lowest BCUT2D eigenvalue weighted by Gasteiger charge is -2.27. The summed E-state index contributed by atoms with van der Waals surface area (Å²) in [6, 6.07) is 9.85. The van der Waals surface area contributed by atoms with Crippen LogP contribution in [0, 0.1) is 5.92 Å². The third kappa shape index (κ3) is 6.31. The largest absolute Gasteiger partial charge is 0.361 e. The van der Waals surface area contributed by atoms with Gasteiger partial charge in [-0.15, -0.1) is 0 Å². The van der Waals surface area contributed by atoms with Crippen LogP contribution < -0.4 is 0 Å². The van der Waals surface area contributed by atoms with Crippen LogP contribution in [0.4, 0.5) is 0 Å². The zero-order chi connectivity index (χ0) is 15.7. The maximum Gasteiger partial charge on any atom is 0.359 e. The fourth-order valence-electron chi connectivity index (χ4n) is 2.02. The van der Waals surface area contributed by atoms with Gasteiger partial charge in [-0.25, -0.2) is 0 Å². The summed E-state index contributed by atoms with van der Waals surface area (Å²) < 4.78 is 29.7. The predicted octanol–water partition coefficient (Wildman–Crippen LogP) is 4.84. The van der Waals surface area contributed by atoms with Crippen LogP contribution in [0.25, 0.3) is 0 Å². The Bertz CT molecular complexity index is 423. The number of benzene rings is 1. The summed E-state index contributed by atoms with van der Waals surface area (Å²) in [4.78, 5) is 0. The van der Waals surface area contributed by atoms with E-state index >= 15 is 0 Å². The maximum absolute atomic E-state index is 12.9. The van der Waals surface area contributed by atoms with Crippen molar-refractivity contribution in [1.29, 1.82) is 0 Å². The molecule has 0 heterocycles. The van der Waals surface area contributed by atoms with Gasteiger partial charge in [0.15, 0.2) is 5.85 Å². The van der Waals surface area contributed by atoms with E-state index < -0.39 is 13.4 Å². The van der Waals surface area contributed by atoms with Gasteiger partial charge < -0.3 is 13.8 Å². The molecule has 1 unspecified atom stereocenters. The number of rotatable bonds is 10. The second-order valence-electron chi connectivity index (χ2n) is 5.26. The summed E-state index contributed by atoms with van der Waals surface area (Å²) in [7, 11) is -3.24. The topological polar surface area (TPSA) is 44.8 Å². The van der Waals surface area contributed by atoms with Crippen molar-refractivity contribution in [2.75, 3.05) is 13.2 Å². The zero-order valence-corrected chi connectivity index (χ0v) is 14.3. The van der Waals surface area contributed by atoms with Gasteiger partial charge in [0.05, 0.1) is 19.8 Å². The molecule has 21 heavy (non-hydrogen) atoms. The zero-order valence-electron chi connectivity index (χ0n) is 13.5. The lowest BCUT2D eigenvalue weighted by atomic mass is 10.1. The van der Waals surface area contributed by atoms with E-state index in [9.17, 15) is 4.57 Å². The van der Waals surface area contributed by atoms with Crippen LogP contribution in [0.5, 0.6) is 0 Å². The summed E-state index contributed by atoms with van der Waals surface area (Å²) in [5.41, 5.74) is 1.05. The Morgan fingerprint density at radius 1 is 1.05 bits per heavy atom. The summed E-state index contributed by atoms with van der Waals surface area (Å²) in [6.07, 6.45) is 0.643. The second-order valence-corrected chi connectivity index (χ2v) is 7.43. The van der Waals surface area contributed by atoms with Crippen molar-refractivity contribution in [3.63, 3.8) is 0 Å². The minimum atomic E-state index is -3.24. The van der Waals surface area contributed by atoms with Gasteiger partial charge in [0, 0.05) is 0 Å². The molecule has 0 saturated carbocycles. The molecule has 120 valence electrons. The van der Waals surface area contributed by atoms with Crippen molar-refractivity contribution in [2.24, 2.45) is 5.92 Å². The van der Waals surface area contributed by atoms with Crippen LogP contribution in [0.3, 0.4) is 0 Å². The van der Waals surface area contributed by atoms with Gasteiger partial charge in [-0.05, 0) is 31.7 Å². The molecule has 0 aliphatic rings. The Morgan fingerprint density at radius 3 is 2.10 bits per heavy atom. The molecule has 0 aliphatic carbocycles. The molecule has 0 aromatic heterocycles. The van der Waals surface area contributed by atoms with Crippen molar-refractivity contribution >= 4 is 7.60 Å². The quantitative estimate of drug-likeness (QED) is 0.580. The Labute approximate surface area is 128 Å². The van der Waals surface area contributed by atoms with E-state index in [1.165, 1.54) is 0 Å². The van der Waals surface area contributed by atoms with Crippen LogP contribution in [0.15, 0.2) is 30.3 Å².